The van der Waals surface area contributed by atoms with E-state index in [9.17, 15) is 9.90 Å². The van der Waals surface area contributed by atoms with Gasteiger partial charge in [0.1, 0.15) is 5.75 Å². The molecule has 0 aromatic heterocycles. The van der Waals surface area contributed by atoms with Crippen molar-refractivity contribution in [1.29, 1.82) is 0 Å². The molecule has 7 heteroatoms. The number of hydrogen-bond donors (Lipinski definition) is 3. The predicted molar refractivity (Wildman–Crippen MR) is 91.3 cm³/mol. The topological polar surface area (TPSA) is 73.8 Å². The maximum absolute atomic E-state index is 12.5. The van der Waals surface area contributed by atoms with Crippen LogP contribution in [0.4, 0.5) is 10.5 Å². The van der Waals surface area contributed by atoms with Gasteiger partial charge in [0, 0.05) is 31.6 Å². The third kappa shape index (κ3) is 3.39. The molecule has 2 aliphatic heterocycles. The molecule has 0 spiro atoms. The second kappa shape index (κ2) is 7.38. The second-order valence-electron chi connectivity index (χ2n) is 6.09. The lowest BCUT2D eigenvalue weighted by Crippen LogP contribution is -2.39. The first-order valence-corrected chi connectivity index (χ1v) is 7.78. The van der Waals surface area contributed by atoms with E-state index in [0.717, 1.165) is 13.1 Å². The van der Waals surface area contributed by atoms with Gasteiger partial charge >= 0.3 is 6.03 Å². The van der Waals surface area contributed by atoms with Crippen LogP contribution in [0.2, 0.25) is 0 Å². The largest absolute Gasteiger partial charge is 0.492 e. The number of benzene rings is 1. The molecule has 2 amide bonds. The van der Waals surface area contributed by atoms with Crippen LogP contribution in [-0.2, 0) is 0 Å². The summed E-state index contributed by atoms with van der Waals surface area (Å²) in [6.45, 7) is 5.48. The SMILES string of the molecule is CCOc1ccccc1NC(=O)N1CC2CNCC2(CO)C1.Cl. The van der Waals surface area contributed by atoms with Crippen LogP contribution in [-0.4, -0.2) is 55.4 Å². The molecule has 2 atom stereocenters. The lowest BCUT2D eigenvalue weighted by molar-refractivity contribution is 0.127. The van der Waals surface area contributed by atoms with E-state index in [4.69, 9.17) is 4.74 Å². The Kier molecular flexibility index (Phi) is 5.73. The highest BCUT2D eigenvalue weighted by Gasteiger charge is 2.50. The van der Waals surface area contributed by atoms with Crippen LogP contribution in [0, 0.1) is 11.3 Å². The zero-order valence-corrected chi connectivity index (χ0v) is 14.1. The highest BCUT2D eigenvalue weighted by Crippen LogP contribution is 2.38. The van der Waals surface area contributed by atoms with Crippen molar-refractivity contribution in [3.63, 3.8) is 0 Å². The monoisotopic (exact) mass is 341 g/mol. The van der Waals surface area contributed by atoms with Gasteiger partial charge in [0.25, 0.3) is 0 Å². The number of anilines is 1. The van der Waals surface area contributed by atoms with Crippen LogP contribution in [0.3, 0.4) is 0 Å². The van der Waals surface area contributed by atoms with E-state index in [0.29, 0.717) is 37.1 Å². The third-order valence-electron chi connectivity index (χ3n) is 4.71. The molecular formula is C16H24ClN3O3. The summed E-state index contributed by atoms with van der Waals surface area (Å²) in [5, 5.41) is 16.0. The molecule has 1 aromatic rings. The Hall–Kier alpha value is -1.50. The van der Waals surface area contributed by atoms with E-state index in [-0.39, 0.29) is 30.5 Å². The maximum Gasteiger partial charge on any atom is 0.321 e. The van der Waals surface area contributed by atoms with Gasteiger partial charge in [0.05, 0.1) is 18.9 Å². The third-order valence-corrected chi connectivity index (χ3v) is 4.71. The Morgan fingerprint density at radius 1 is 1.52 bits per heavy atom. The summed E-state index contributed by atoms with van der Waals surface area (Å²) in [5.74, 6) is 1.00. The van der Waals surface area contributed by atoms with Gasteiger partial charge in [-0.15, -0.1) is 12.4 Å². The lowest BCUT2D eigenvalue weighted by Gasteiger charge is -2.25. The van der Waals surface area contributed by atoms with E-state index in [1.54, 1.807) is 4.90 Å². The fourth-order valence-corrected chi connectivity index (χ4v) is 3.45. The van der Waals surface area contributed by atoms with Crippen LogP contribution < -0.4 is 15.4 Å². The number of carbonyl (C=O) groups is 1. The van der Waals surface area contributed by atoms with Gasteiger partial charge in [-0.05, 0) is 25.0 Å². The molecule has 2 unspecified atom stereocenters. The summed E-state index contributed by atoms with van der Waals surface area (Å²) in [6.07, 6.45) is 0. The number of ether oxygens (including phenoxy) is 1. The second-order valence-corrected chi connectivity index (χ2v) is 6.09. The quantitative estimate of drug-likeness (QED) is 0.777. The number of nitrogens with zero attached hydrogens (tertiary/aromatic N) is 1. The molecule has 3 N–H and O–H groups in total. The number of aliphatic hydroxyl groups is 1. The van der Waals surface area contributed by atoms with Gasteiger partial charge in [-0.25, -0.2) is 4.79 Å². The predicted octanol–water partition coefficient (Wildman–Crippen LogP) is 1.55. The minimum atomic E-state index is -0.184. The molecule has 0 aliphatic carbocycles. The van der Waals surface area contributed by atoms with Crippen LogP contribution in [0.25, 0.3) is 0 Å². The zero-order chi connectivity index (χ0) is 15.6. The lowest BCUT2D eigenvalue weighted by atomic mass is 9.82. The number of aliphatic hydroxyl groups excluding tert-OH is 1. The molecule has 2 fully saturated rings. The standard InChI is InChI=1S/C16H23N3O3.ClH/c1-2-22-14-6-4-3-5-13(14)18-15(21)19-8-12-7-17-9-16(12,10-19)11-20;/h3-6,12,17,20H,2,7-11H2,1H3,(H,18,21);1H. The highest BCUT2D eigenvalue weighted by molar-refractivity contribution is 5.91. The number of fused-ring (bicyclic) bond motifs is 1. The smallest absolute Gasteiger partial charge is 0.321 e. The average molecular weight is 342 g/mol. The summed E-state index contributed by atoms with van der Waals surface area (Å²) >= 11 is 0. The van der Waals surface area contributed by atoms with Crippen molar-refractivity contribution < 1.29 is 14.6 Å². The van der Waals surface area contributed by atoms with Gasteiger partial charge in [-0.2, -0.15) is 0 Å². The number of nitrogens with one attached hydrogen (secondary N) is 2. The first kappa shape index (κ1) is 17.8. The van der Waals surface area contributed by atoms with Crippen molar-refractivity contribution in [3.05, 3.63) is 24.3 Å². The first-order valence-electron chi connectivity index (χ1n) is 7.78. The van der Waals surface area contributed by atoms with Crippen LogP contribution in [0.15, 0.2) is 24.3 Å². The van der Waals surface area contributed by atoms with Crippen molar-refractivity contribution in [2.75, 3.05) is 44.7 Å². The molecule has 0 radical (unpaired) electrons. The molecule has 1 aromatic carbocycles. The molecule has 0 saturated carbocycles. The molecule has 2 saturated heterocycles. The van der Waals surface area contributed by atoms with Crippen molar-refractivity contribution >= 4 is 24.1 Å². The number of amides is 2. The Balaban J connectivity index is 0.00000192. The first-order chi connectivity index (χ1) is 10.7. The van der Waals surface area contributed by atoms with Gasteiger partial charge < -0.3 is 25.4 Å². The Morgan fingerprint density at radius 2 is 2.30 bits per heavy atom. The van der Waals surface area contributed by atoms with Crippen molar-refractivity contribution in [2.24, 2.45) is 11.3 Å². The number of hydrogen-bond acceptors (Lipinski definition) is 4. The number of para-hydroxylation sites is 2. The van der Waals surface area contributed by atoms with Gasteiger partial charge in [0.2, 0.25) is 0 Å². The van der Waals surface area contributed by atoms with Gasteiger partial charge in [0.15, 0.2) is 0 Å². The average Bonchev–Trinajstić information content (AvgIpc) is 3.06. The number of urea groups is 1. The van der Waals surface area contributed by atoms with E-state index >= 15 is 0 Å². The summed E-state index contributed by atoms with van der Waals surface area (Å²) in [5.41, 5.74) is 0.499. The normalized spacial score (nSPS) is 25.7. The molecule has 2 heterocycles. The molecule has 23 heavy (non-hydrogen) atoms. The van der Waals surface area contributed by atoms with Crippen LogP contribution in [0.5, 0.6) is 5.75 Å². The van der Waals surface area contributed by atoms with E-state index in [1.807, 2.05) is 31.2 Å². The van der Waals surface area contributed by atoms with E-state index in [1.165, 1.54) is 0 Å². The molecule has 6 nitrogen and oxygen atoms in total. The van der Waals surface area contributed by atoms with Crippen molar-refractivity contribution in [2.45, 2.75) is 6.92 Å². The van der Waals surface area contributed by atoms with E-state index in [2.05, 4.69) is 10.6 Å². The molecule has 0 bridgehead atoms. The summed E-state index contributed by atoms with van der Waals surface area (Å²) in [7, 11) is 0. The number of rotatable bonds is 4. The molecular weight excluding hydrogens is 318 g/mol. The van der Waals surface area contributed by atoms with Gasteiger partial charge in [-0.3, -0.25) is 0 Å². The van der Waals surface area contributed by atoms with Gasteiger partial charge in [-0.1, -0.05) is 12.1 Å². The fourth-order valence-electron chi connectivity index (χ4n) is 3.45. The van der Waals surface area contributed by atoms with Crippen molar-refractivity contribution in [1.82, 2.24) is 10.2 Å². The zero-order valence-electron chi connectivity index (χ0n) is 13.2. The minimum Gasteiger partial charge on any atom is -0.492 e. The molecule has 3 rings (SSSR count). The Morgan fingerprint density at radius 3 is 3.00 bits per heavy atom. The fraction of sp³-hybridized carbons (Fsp3) is 0.562. The van der Waals surface area contributed by atoms with Crippen LogP contribution >= 0.6 is 12.4 Å². The number of likely N-dealkylation sites (tertiary alicyclic amines) is 1. The number of halogens is 1. The summed E-state index contributed by atoms with van der Waals surface area (Å²) in [6, 6.07) is 7.30. The summed E-state index contributed by atoms with van der Waals surface area (Å²) in [4.78, 5) is 14.3. The Labute approximate surface area is 142 Å². The summed E-state index contributed by atoms with van der Waals surface area (Å²) < 4.78 is 5.53. The number of carbonyl (C=O) groups excluding carboxylic acids is 1. The highest BCUT2D eigenvalue weighted by atomic mass is 35.5. The molecule has 2 aliphatic rings. The van der Waals surface area contributed by atoms with Crippen LogP contribution in [0.1, 0.15) is 6.92 Å². The maximum atomic E-state index is 12.5. The van der Waals surface area contributed by atoms with Crippen molar-refractivity contribution in [3.8, 4) is 5.75 Å². The Bertz CT molecular complexity index is 557. The van der Waals surface area contributed by atoms with E-state index < -0.39 is 0 Å². The molecule has 128 valence electrons. The minimum absolute atomic E-state index is 0.